The number of nitrogens with one attached hydrogen (secondary N) is 1. The summed E-state index contributed by atoms with van der Waals surface area (Å²) in [4.78, 5) is 11.3. The van der Waals surface area contributed by atoms with Crippen LogP contribution in [0.25, 0.3) is 0 Å². The molecule has 4 N–H and O–H groups in total. The third kappa shape index (κ3) is 5.54. The summed E-state index contributed by atoms with van der Waals surface area (Å²) in [5, 5.41) is 11.6. The number of hydrogen-bond acceptors (Lipinski definition) is 4. The third-order valence-electron chi connectivity index (χ3n) is 2.32. The highest BCUT2D eigenvalue weighted by Gasteiger charge is 2.03. The number of nitrogens with two attached hydrogens (primary N) is 1. The van der Waals surface area contributed by atoms with E-state index in [4.69, 9.17) is 15.6 Å². The predicted octanol–water partition coefficient (Wildman–Crippen LogP) is 0.925. The fourth-order valence-corrected chi connectivity index (χ4v) is 1.38. The standard InChI is InChI=1S/C13H20N2O3/c1-10(16)9-15-13(17)7-4-8-18-12-6-3-2-5-11(12)14/h2-3,5-6,10,16H,4,7-9,14H2,1H3,(H,15,17). The van der Waals surface area contributed by atoms with Gasteiger partial charge in [-0.2, -0.15) is 0 Å². The second kappa shape index (κ2) is 7.55. The van der Waals surface area contributed by atoms with Gasteiger partial charge in [-0.1, -0.05) is 12.1 Å². The van der Waals surface area contributed by atoms with E-state index in [0.717, 1.165) is 0 Å². The van der Waals surface area contributed by atoms with Crippen molar-refractivity contribution in [3.8, 4) is 5.75 Å². The molecule has 1 atom stereocenters. The molecule has 0 aliphatic rings. The van der Waals surface area contributed by atoms with E-state index in [1.165, 1.54) is 0 Å². The van der Waals surface area contributed by atoms with Gasteiger partial charge in [0.1, 0.15) is 5.75 Å². The number of hydrogen-bond donors (Lipinski definition) is 3. The first-order chi connectivity index (χ1) is 8.59. The van der Waals surface area contributed by atoms with Gasteiger partial charge in [0.15, 0.2) is 0 Å². The van der Waals surface area contributed by atoms with Gasteiger partial charge in [-0.25, -0.2) is 0 Å². The van der Waals surface area contributed by atoms with Gasteiger partial charge in [-0.3, -0.25) is 4.79 Å². The van der Waals surface area contributed by atoms with Crippen molar-refractivity contribution in [2.45, 2.75) is 25.9 Å². The highest BCUT2D eigenvalue weighted by molar-refractivity contribution is 5.75. The number of aliphatic hydroxyl groups excluding tert-OH is 1. The van der Waals surface area contributed by atoms with Crippen LogP contribution in [0.15, 0.2) is 24.3 Å². The molecule has 0 saturated heterocycles. The molecule has 1 amide bonds. The second-order valence-electron chi connectivity index (χ2n) is 4.14. The van der Waals surface area contributed by atoms with E-state index >= 15 is 0 Å². The minimum atomic E-state index is -0.519. The molecular formula is C13H20N2O3. The quantitative estimate of drug-likeness (QED) is 0.498. The molecule has 0 saturated carbocycles. The minimum absolute atomic E-state index is 0.0828. The molecule has 5 nitrogen and oxygen atoms in total. The van der Waals surface area contributed by atoms with Crippen molar-refractivity contribution in [3.63, 3.8) is 0 Å². The molecule has 18 heavy (non-hydrogen) atoms. The molecule has 1 aromatic carbocycles. The Bertz CT molecular complexity index is 380. The summed E-state index contributed by atoms with van der Waals surface area (Å²) in [5.74, 6) is 0.558. The fourth-order valence-electron chi connectivity index (χ4n) is 1.38. The van der Waals surface area contributed by atoms with Crippen LogP contribution in [0.1, 0.15) is 19.8 Å². The zero-order valence-corrected chi connectivity index (χ0v) is 10.6. The monoisotopic (exact) mass is 252 g/mol. The number of ether oxygens (including phenoxy) is 1. The number of amides is 1. The van der Waals surface area contributed by atoms with Gasteiger partial charge in [0, 0.05) is 13.0 Å². The second-order valence-corrected chi connectivity index (χ2v) is 4.14. The summed E-state index contributed by atoms with van der Waals surface area (Å²) in [6.45, 7) is 2.35. The van der Waals surface area contributed by atoms with Crippen LogP contribution in [-0.4, -0.2) is 30.3 Å². The zero-order valence-electron chi connectivity index (χ0n) is 10.6. The van der Waals surface area contributed by atoms with Crippen LogP contribution in [-0.2, 0) is 4.79 Å². The van der Waals surface area contributed by atoms with Crippen molar-refractivity contribution in [1.82, 2.24) is 5.32 Å². The van der Waals surface area contributed by atoms with Crippen LogP contribution in [0.4, 0.5) is 5.69 Å². The lowest BCUT2D eigenvalue weighted by Gasteiger charge is -2.09. The molecule has 0 radical (unpaired) electrons. The first-order valence-corrected chi connectivity index (χ1v) is 6.01. The van der Waals surface area contributed by atoms with E-state index in [1.807, 2.05) is 12.1 Å². The van der Waals surface area contributed by atoms with Crippen LogP contribution in [0, 0.1) is 0 Å². The van der Waals surface area contributed by atoms with Crippen molar-refractivity contribution >= 4 is 11.6 Å². The lowest BCUT2D eigenvalue weighted by atomic mass is 10.3. The number of rotatable bonds is 7. The fraction of sp³-hybridized carbons (Fsp3) is 0.462. The molecule has 0 fully saturated rings. The number of para-hydroxylation sites is 2. The first-order valence-electron chi connectivity index (χ1n) is 6.01. The summed E-state index contributed by atoms with van der Waals surface area (Å²) in [7, 11) is 0. The molecule has 1 unspecified atom stereocenters. The van der Waals surface area contributed by atoms with Crippen molar-refractivity contribution in [1.29, 1.82) is 0 Å². The molecule has 0 aliphatic carbocycles. The maximum atomic E-state index is 11.3. The molecule has 0 heterocycles. The largest absolute Gasteiger partial charge is 0.491 e. The van der Waals surface area contributed by atoms with Crippen LogP contribution < -0.4 is 15.8 Å². The summed E-state index contributed by atoms with van der Waals surface area (Å²) < 4.78 is 5.46. The normalized spacial score (nSPS) is 11.9. The van der Waals surface area contributed by atoms with Gasteiger partial charge >= 0.3 is 0 Å². The van der Waals surface area contributed by atoms with Crippen LogP contribution >= 0.6 is 0 Å². The molecule has 1 aromatic rings. The average molecular weight is 252 g/mol. The Kier molecular flexibility index (Phi) is 6.00. The topological polar surface area (TPSA) is 84.6 Å². The maximum Gasteiger partial charge on any atom is 0.220 e. The minimum Gasteiger partial charge on any atom is -0.491 e. The van der Waals surface area contributed by atoms with Gasteiger partial charge in [-0.05, 0) is 25.5 Å². The Morgan fingerprint density at radius 3 is 2.89 bits per heavy atom. The van der Waals surface area contributed by atoms with Gasteiger partial charge in [0.05, 0.1) is 18.4 Å². The van der Waals surface area contributed by atoms with Crippen LogP contribution in [0.2, 0.25) is 0 Å². The molecular weight excluding hydrogens is 232 g/mol. The van der Waals surface area contributed by atoms with E-state index in [0.29, 0.717) is 30.9 Å². The lowest BCUT2D eigenvalue weighted by Crippen LogP contribution is -2.30. The van der Waals surface area contributed by atoms with E-state index < -0.39 is 6.10 Å². The molecule has 100 valence electrons. The molecule has 1 rings (SSSR count). The van der Waals surface area contributed by atoms with Crippen molar-refractivity contribution in [2.24, 2.45) is 0 Å². The van der Waals surface area contributed by atoms with Crippen molar-refractivity contribution < 1.29 is 14.6 Å². The summed E-state index contributed by atoms with van der Waals surface area (Å²) in [5.41, 5.74) is 6.31. The van der Waals surface area contributed by atoms with Gasteiger partial charge < -0.3 is 20.9 Å². The molecule has 0 bridgehead atoms. The molecule has 0 aromatic heterocycles. The number of aliphatic hydroxyl groups is 1. The number of carbonyl (C=O) groups is 1. The predicted molar refractivity (Wildman–Crippen MR) is 70.3 cm³/mol. The third-order valence-corrected chi connectivity index (χ3v) is 2.32. The number of anilines is 1. The Morgan fingerprint density at radius 1 is 1.50 bits per heavy atom. The number of carbonyl (C=O) groups excluding carboxylic acids is 1. The summed E-state index contributed by atoms with van der Waals surface area (Å²) in [6.07, 6.45) is 0.466. The van der Waals surface area contributed by atoms with E-state index in [-0.39, 0.29) is 12.5 Å². The van der Waals surface area contributed by atoms with Crippen molar-refractivity contribution in [3.05, 3.63) is 24.3 Å². The summed E-state index contributed by atoms with van der Waals surface area (Å²) >= 11 is 0. The van der Waals surface area contributed by atoms with Crippen LogP contribution in [0.3, 0.4) is 0 Å². The van der Waals surface area contributed by atoms with Crippen molar-refractivity contribution in [2.75, 3.05) is 18.9 Å². The smallest absolute Gasteiger partial charge is 0.220 e. The molecule has 5 heteroatoms. The maximum absolute atomic E-state index is 11.3. The first kappa shape index (κ1) is 14.3. The Labute approximate surface area is 107 Å². The number of benzene rings is 1. The van der Waals surface area contributed by atoms with Gasteiger partial charge in [0.2, 0.25) is 5.91 Å². The summed E-state index contributed by atoms with van der Waals surface area (Å²) in [6, 6.07) is 7.25. The molecule has 0 spiro atoms. The highest BCUT2D eigenvalue weighted by atomic mass is 16.5. The Balaban J connectivity index is 2.15. The lowest BCUT2D eigenvalue weighted by molar-refractivity contribution is -0.121. The van der Waals surface area contributed by atoms with E-state index in [9.17, 15) is 4.79 Å². The highest BCUT2D eigenvalue weighted by Crippen LogP contribution is 2.19. The Hall–Kier alpha value is -1.75. The average Bonchev–Trinajstić information content (AvgIpc) is 2.34. The van der Waals surface area contributed by atoms with Gasteiger partial charge in [-0.15, -0.1) is 0 Å². The SMILES string of the molecule is CC(O)CNC(=O)CCCOc1ccccc1N. The Morgan fingerprint density at radius 2 is 2.22 bits per heavy atom. The van der Waals surface area contributed by atoms with E-state index in [1.54, 1.807) is 19.1 Å². The zero-order chi connectivity index (χ0) is 13.4. The van der Waals surface area contributed by atoms with E-state index in [2.05, 4.69) is 5.32 Å². The van der Waals surface area contributed by atoms with Crippen LogP contribution in [0.5, 0.6) is 5.75 Å². The number of nitrogen functional groups attached to an aromatic ring is 1. The molecule has 0 aliphatic heterocycles. The van der Waals surface area contributed by atoms with Gasteiger partial charge in [0.25, 0.3) is 0 Å².